The second-order valence-corrected chi connectivity index (χ2v) is 7.84. The summed E-state index contributed by atoms with van der Waals surface area (Å²) in [6.45, 7) is 1.44. The molecule has 0 atom stereocenters. The predicted octanol–water partition coefficient (Wildman–Crippen LogP) is 5.46. The van der Waals surface area contributed by atoms with Crippen LogP contribution in [0.15, 0.2) is 71.2 Å². The summed E-state index contributed by atoms with van der Waals surface area (Å²) < 4.78 is 23.2. The molecule has 32 heavy (non-hydrogen) atoms. The third kappa shape index (κ3) is 5.42. The van der Waals surface area contributed by atoms with E-state index in [0.717, 1.165) is 15.6 Å². The minimum Gasteiger partial charge on any atom is -0.493 e. The fourth-order valence-electron chi connectivity index (χ4n) is 3.18. The molecule has 0 aliphatic carbocycles. The van der Waals surface area contributed by atoms with Crippen LogP contribution < -0.4 is 24.3 Å². The van der Waals surface area contributed by atoms with E-state index in [2.05, 4.69) is 21.2 Å². The maximum absolute atomic E-state index is 12.4. The maximum Gasteiger partial charge on any atom is 0.248 e. The van der Waals surface area contributed by atoms with Gasteiger partial charge in [0.2, 0.25) is 5.91 Å². The number of benzene rings is 3. The van der Waals surface area contributed by atoms with Crippen LogP contribution in [-0.2, 0) is 11.4 Å². The Kier molecular flexibility index (Phi) is 6.97. The van der Waals surface area contributed by atoms with Gasteiger partial charge in [-0.15, -0.1) is 0 Å². The van der Waals surface area contributed by atoms with Gasteiger partial charge in [-0.05, 0) is 57.4 Å². The molecular weight excluding hydrogens is 474 g/mol. The molecule has 0 spiro atoms. The molecule has 0 saturated heterocycles. The minimum atomic E-state index is -0.263. The molecule has 0 radical (unpaired) electrons. The van der Waals surface area contributed by atoms with Crippen LogP contribution in [-0.4, -0.2) is 26.2 Å². The van der Waals surface area contributed by atoms with Gasteiger partial charge in [0.1, 0.15) is 19.8 Å². The monoisotopic (exact) mass is 495 g/mol. The second-order valence-electron chi connectivity index (χ2n) is 6.99. The Morgan fingerprint density at radius 1 is 1.06 bits per heavy atom. The highest BCUT2D eigenvalue weighted by atomic mass is 79.9. The quantitative estimate of drug-likeness (QED) is 0.440. The zero-order valence-corrected chi connectivity index (χ0v) is 19.1. The smallest absolute Gasteiger partial charge is 0.248 e. The van der Waals surface area contributed by atoms with Gasteiger partial charge >= 0.3 is 0 Å². The predicted molar refractivity (Wildman–Crippen MR) is 127 cm³/mol. The standard InChI is InChI=1S/C25H22BrNO5/c1-29-23-14-18(13-20(26)25(23)32-16-17-5-3-2-4-6-17)7-10-24(28)27-19-8-9-21-22(15-19)31-12-11-30-21/h2-10,13-15H,11-12,16H2,1H3,(H,27,28)/b10-7+. The lowest BCUT2D eigenvalue weighted by molar-refractivity contribution is -0.111. The molecule has 1 amide bonds. The molecule has 1 N–H and O–H groups in total. The van der Waals surface area contributed by atoms with Crippen molar-refractivity contribution in [2.75, 3.05) is 25.6 Å². The highest BCUT2D eigenvalue weighted by Crippen LogP contribution is 2.37. The molecule has 3 aromatic carbocycles. The summed E-state index contributed by atoms with van der Waals surface area (Å²) in [5, 5.41) is 2.83. The molecular formula is C25H22BrNO5. The average Bonchev–Trinajstić information content (AvgIpc) is 2.82. The number of fused-ring (bicyclic) bond motifs is 1. The van der Waals surface area contributed by atoms with Crippen LogP contribution in [0.4, 0.5) is 5.69 Å². The second kappa shape index (κ2) is 10.2. The Morgan fingerprint density at radius 2 is 1.84 bits per heavy atom. The van der Waals surface area contributed by atoms with Crippen LogP contribution in [0.5, 0.6) is 23.0 Å². The number of rotatable bonds is 7. The molecule has 0 bridgehead atoms. The molecule has 0 unspecified atom stereocenters. The van der Waals surface area contributed by atoms with Crippen molar-refractivity contribution in [3.05, 3.63) is 82.3 Å². The first-order chi connectivity index (χ1) is 15.6. The number of amides is 1. The highest BCUT2D eigenvalue weighted by molar-refractivity contribution is 9.10. The lowest BCUT2D eigenvalue weighted by Crippen LogP contribution is -2.16. The van der Waals surface area contributed by atoms with Crippen LogP contribution in [0, 0.1) is 0 Å². The summed E-state index contributed by atoms with van der Waals surface area (Å²) in [5.74, 6) is 2.21. The van der Waals surface area contributed by atoms with Crippen LogP contribution in [0.2, 0.25) is 0 Å². The first-order valence-electron chi connectivity index (χ1n) is 10.1. The Labute approximate surface area is 194 Å². The van der Waals surface area contributed by atoms with Gasteiger partial charge in [-0.1, -0.05) is 30.3 Å². The van der Waals surface area contributed by atoms with E-state index in [1.807, 2.05) is 42.5 Å². The fourth-order valence-corrected chi connectivity index (χ4v) is 3.76. The molecule has 1 aliphatic rings. The number of carbonyl (C=O) groups is 1. The lowest BCUT2D eigenvalue weighted by atomic mass is 10.1. The van der Waals surface area contributed by atoms with Gasteiger partial charge in [0, 0.05) is 17.8 Å². The molecule has 0 aromatic heterocycles. The van der Waals surface area contributed by atoms with E-state index < -0.39 is 0 Å². The molecule has 1 aliphatic heterocycles. The first-order valence-corrected chi connectivity index (χ1v) is 10.8. The van der Waals surface area contributed by atoms with Gasteiger partial charge in [-0.3, -0.25) is 4.79 Å². The maximum atomic E-state index is 12.4. The van der Waals surface area contributed by atoms with Crippen LogP contribution in [0.25, 0.3) is 6.08 Å². The van der Waals surface area contributed by atoms with Gasteiger partial charge in [-0.25, -0.2) is 0 Å². The van der Waals surface area contributed by atoms with Crippen LogP contribution >= 0.6 is 15.9 Å². The van der Waals surface area contributed by atoms with Crippen molar-refractivity contribution in [1.82, 2.24) is 0 Å². The van der Waals surface area contributed by atoms with Crippen molar-refractivity contribution in [1.29, 1.82) is 0 Å². The highest BCUT2D eigenvalue weighted by Gasteiger charge is 2.13. The topological polar surface area (TPSA) is 66.0 Å². The van der Waals surface area contributed by atoms with Crippen LogP contribution in [0.3, 0.4) is 0 Å². The summed E-state index contributed by atoms with van der Waals surface area (Å²) in [5.41, 5.74) is 2.48. The normalized spacial score (nSPS) is 12.4. The zero-order chi connectivity index (χ0) is 22.3. The van der Waals surface area contributed by atoms with E-state index >= 15 is 0 Å². The number of ether oxygens (including phenoxy) is 4. The van der Waals surface area contributed by atoms with Gasteiger partial charge in [-0.2, -0.15) is 0 Å². The largest absolute Gasteiger partial charge is 0.493 e. The number of halogens is 1. The fraction of sp³-hybridized carbons (Fsp3) is 0.160. The summed E-state index contributed by atoms with van der Waals surface area (Å²) in [7, 11) is 1.58. The molecule has 1 heterocycles. The molecule has 3 aromatic rings. The zero-order valence-electron chi connectivity index (χ0n) is 17.5. The number of nitrogens with one attached hydrogen (secondary N) is 1. The minimum absolute atomic E-state index is 0.263. The van der Waals surface area contributed by atoms with Crippen molar-refractivity contribution < 1.29 is 23.7 Å². The first kappa shape index (κ1) is 21.8. The van der Waals surface area contributed by atoms with E-state index in [1.54, 1.807) is 31.4 Å². The van der Waals surface area contributed by atoms with Crippen molar-refractivity contribution in [3.63, 3.8) is 0 Å². The third-order valence-corrected chi connectivity index (χ3v) is 5.30. The molecule has 0 fully saturated rings. The summed E-state index contributed by atoms with van der Waals surface area (Å²) >= 11 is 3.54. The molecule has 7 heteroatoms. The van der Waals surface area contributed by atoms with Gasteiger partial charge in [0.25, 0.3) is 0 Å². The van der Waals surface area contributed by atoms with Gasteiger partial charge < -0.3 is 24.3 Å². The third-order valence-electron chi connectivity index (χ3n) is 4.71. The average molecular weight is 496 g/mol. The summed E-state index contributed by atoms with van der Waals surface area (Å²) in [6.07, 6.45) is 3.17. The van der Waals surface area contributed by atoms with Crippen molar-refractivity contribution >= 4 is 33.6 Å². The number of hydrogen-bond donors (Lipinski definition) is 1. The number of anilines is 1. The van der Waals surface area contributed by atoms with Gasteiger partial charge in [0.15, 0.2) is 23.0 Å². The SMILES string of the molecule is COc1cc(/C=C/C(=O)Nc2ccc3c(c2)OCCO3)cc(Br)c1OCc1ccccc1. The Morgan fingerprint density at radius 3 is 2.62 bits per heavy atom. The molecule has 0 saturated carbocycles. The molecule has 6 nitrogen and oxygen atoms in total. The Balaban J connectivity index is 1.43. The lowest BCUT2D eigenvalue weighted by Gasteiger charge is -2.18. The van der Waals surface area contributed by atoms with E-state index in [0.29, 0.717) is 48.5 Å². The van der Waals surface area contributed by atoms with Crippen molar-refractivity contribution in [2.45, 2.75) is 6.61 Å². The number of hydrogen-bond acceptors (Lipinski definition) is 5. The van der Waals surface area contributed by atoms with E-state index in [-0.39, 0.29) is 5.91 Å². The Bertz CT molecular complexity index is 1130. The van der Waals surface area contributed by atoms with E-state index in [1.165, 1.54) is 6.08 Å². The summed E-state index contributed by atoms with van der Waals surface area (Å²) in [6, 6.07) is 18.9. The number of methoxy groups -OCH3 is 1. The van der Waals surface area contributed by atoms with Crippen LogP contribution in [0.1, 0.15) is 11.1 Å². The Hall–Kier alpha value is -3.45. The van der Waals surface area contributed by atoms with Crippen molar-refractivity contribution in [3.8, 4) is 23.0 Å². The summed E-state index contributed by atoms with van der Waals surface area (Å²) in [4.78, 5) is 12.4. The number of carbonyl (C=O) groups excluding carboxylic acids is 1. The van der Waals surface area contributed by atoms with E-state index in [9.17, 15) is 4.79 Å². The van der Waals surface area contributed by atoms with Crippen molar-refractivity contribution in [2.24, 2.45) is 0 Å². The molecule has 164 valence electrons. The molecule has 4 rings (SSSR count). The van der Waals surface area contributed by atoms with Gasteiger partial charge in [0.05, 0.1) is 11.6 Å². The van der Waals surface area contributed by atoms with E-state index in [4.69, 9.17) is 18.9 Å².